The molecule has 20 heavy (non-hydrogen) atoms. The minimum absolute atomic E-state index is 0.0838. The molecule has 1 amide bonds. The number of rotatable bonds is 6. The lowest BCUT2D eigenvalue weighted by atomic mass is 10.3. The third-order valence-corrected chi connectivity index (χ3v) is 4.36. The fraction of sp³-hybridized carbons (Fsp3) is 0.545. The van der Waals surface area contributed by atoms with Crippen molar-refractivity contribution < 1.29 is 22.4 Å². The highest BCUT2D eigenvalue weighted by Gasteiger charge is 2.26. The van der Waals surface area contributed by atoms with Crippen LogP contribution in [0.4, 0.5) is 0 Å². The number of methoxy groups -OCH3 is 1. The number of nitrogens with zero attached hydrogens (tertiary/aromatic N) is 1. The third kappa shape index (κ3) is 4.05. The number of nitrogens with two attached hydrogens (primary N) is 1. The van der Waals surface area contributed by atoms with Gasteiger partial charge in [0.05, 0.1) is 6.61 Å². The number of sulfonamides is 1. The molecule has 0 saturated carbocycles. The maximum absolute atomic E-state index is 12.3. The highest BCUT2D eigenvalue weighted by Crippen LogP contribution is 2.26. The van der Waals surface area contributed by atoms with Gasteiger partial charge in [0.1, 0.15) is 4.90 Å². The fourth-order valence-electron chi connectivity index (χ4n) is 1.58. The van der Waals surface area contributed by atoms with Gasteiger partial charge in [-0.15, -0.1) is 0 Å². The van der Waals surface area contributed by atoms with E-state index >= 15 is 0 Å². The molecule has 1 rings (SSSR count). The first-order chi connectivity index (χ1) is 9.18. The summed E-state index contributed by atoms with van der Waals surface area (Å²) in [5.74, 6) is -0.515. The first-order valence-electron chi connectivity index (χ1n) is 5.80. The summed E-state index contributed by atoms with van der Waals surface area (Å²) in [4.78, 5) is 13.6. The topological polar surface area (TPSA) is 103 Å². The lowest BCUT2D eigenvalue weighted by Gasteiger charge is -2.25. The van der Waals surface area contributed by atoms with E-state index in [0.29, 0.717) is 13.2 Å². The van der Waals surface area contributed by atoms with Gasteiger partial charge in [-0.05, 0) is 29.8 Å². The van der Waals surface area contributed by atoms with E-state index in [-0.39, 0.29) is 21.4 Å². The number of hydrogen-bond donors (Lipinski definition) is 1. The maximum atomic E-state index is 12.3. The first kappa shape index (κ1) is 17.2. The van der Waals surface area contributed by atoms with Gasteiger partial charge in [0.25, 0.3) is 5.91 Å². The Kier molecular flexibility index (Phi) is 5.75. The van der Waals surface area contributed by atoms with Crippen molar-refractivity contribution >= 4 is 31.9 Å². The second-order valence-corrected chi connectivity index (χ2v) is 6.63. The summed E-state index contributed by atoms with van der Waals surface area (Å²) in [5.41, 5.74) is 0. The highest BCUT2D eigenvalue weighted by atomic mass is 79.9. The van der Waals surface area contributed by atoms with Gasteiger partial charge in [0.15, 0.2) is 10.4 Å². The Morgan fingerprint density at radius 1 is 1.55 bits per heavy atom. The number of ether oxygens (including phenoxy) is 1. The zero-order chi connectivity index (χ0) is 15.5. The van der Waals surface area contributed by atoms with E-state index in [1.54, 1.807) is 0 Å². The van der Waals surface area contributed by atoms with Crippen molar-refractivity contribution in [3.05, 3.63) is 16.5 Å². The summed E-state index contributed by atoms with van der Waals surface area (Å²) in [5, 5.41) is 5.02. The Morgan fingerprint density at radius 3 is 2.55 bits per heavy atom. The summed E-state index contributed by atoms with van der Waals surface area (Å²) < 4.78 is 32.6. The van der Waals surface area contributed by atoms with Crippen LogP contribution in [0.3, 0.4) is 0 Å². The minimum Gasteiger partial charge on any atom is -0.443 e. The molecule has 0 aromatic carbocycles. The standard InChI is InChI=1S/C11H17BrN2O5S/c1-7(2)14(4-5-18-3)11(15)8-6-9(10(12)19-8)20(13,16)17/h6-7H,4-5H2,1-3H3,(H2,13,16,17). The number of primary sulfonamides is 1. The molecule has 0 atom stereocenters. The third-order valence-electron chi connectivity index (χ3n) is 2.59. The average molecular weight is 369 g/mol. The summed E-state index contributed by atoms with van der Waals surface area (Å²) in [6.45, 7) is 4.42. The Hall–Kier alpha value is -0.900. The largest absolute Gasteiger partial charge is 0.443 e. The Labute approximate surface area is 126 Å². The molecule has 0 bridgehead atoms. The Morgan fingerprint density at radius 2 is 2.15 bits per heavy atom. The number of halogens is 1. The van der Waals surface area contributed by atoms with Crippen LogP contribution in [0.5, 0.6) is 0 Å². The fourth-order valence-corrected chi connectivity index (χ4v) is 3.08. The molecular weight excluding hydrogens is 352 g/mol. The molecule has 1 aromatic rings. The van der Waals surface area contributed by atoms with Crippen molar-refractivity contribution in [1.82, 2.24) is 4.90 Å². The molecule has 0 radical (unpaired) electrons. The van der Waals surface area contributed by atoms with Crippen LogP contribution in [-0.4, -0.2) is 45.5 Å². The van der Waals surface area contributed by atoms with Gasteiger partial charge in [0.2, 0.25) is 10.0 Å². The number of carbonyl (C=O) groups is 1. The zero-order valence-corrected chi connectivity index (χ0v) is 13.8. The minimum atomic E-state index is -3.95. The molecule has 0 aliphatic carbocycles. The van der Waals surface area contributed by atoms with Crippen LogP contribution in [0.15, 0.2) is 20.0 Å². The van der Waals surface area contributed by atoms with E-state index in [2.05, 4.69) is 15.9 Å². The summed E-state index contributed by atoms with van der Waals surface area (Å²) >= 11 is 2.94. The molecule has 0 aliphatic rings. The summed E-state index contributed by atoms with van der Waals surface area (Å²) in [6, 6.07) is 1.03. The van der Waals surface area contributed by atoms with E-state index in [4.69, 9.17) is 14.3 Å². The predicted octanol–water partition coefficient (Wildman–Crippen LogP) is 1.19. The van der Waals surface area contributed by atoms with Gasteiger partial charge >= 0.3 is 0 Å². The van der Waals surface area contributed by atoms with Crippen LogP contribution in [0.2, 0.25) is 0 Å². The van der Waals surface area contributed by atoms with Crippen molar-refractivity contribution in [3.63, 3.8) is 0 Å². The second-order valence-electron chi connectivity index (χ2n) is 4.38. The molecule has 0 aliphatic heterocycles. The average Bonchev–Trinajstić information content (AvgIpc) is 2.71. The van der Waals surface area contributed by atoms with Crippen molar-refractivity contribution in [3.8, 4) is 0 Å². The zero-order valence-electron chi connectivity index (χ0n) is 11.4. The van der Waals surface area contributed by atoms with Crippen LogP contribution in [0.1, 0.15) is 24.4 Å². The van der Waals surface area contributed by atoms with Crippen molar-refractivity contribution in [2.24, 2.45) is 5.14 Å². The molecule has 7 nitrogen and oxygen atoms in total. The van der Waals surface area contributed by atoms with Gasteiger partial charge in [0, 0.05) is 25.8 Å². The van der Waals surface area contributed by atoms with Crippen LogP contribution in [0.25, 0.3) is 0 Å². The van der Waals surface area contributed by atoms with Crippen molar-refractivity contribution in [2.75, 3.05) is 20.3 Å². The van der Waals surface area contributed by atoms with Gasteiger partial charge in [-0.25, -0.2) is 13.6 Å². The van der Waals surface area contributed by atoms with E-state index in [9.17, 15) is 13.2 Å². The lowest BCUT2D eigenvalue weighted by Crippen LogP contribution is -2.39. The molecule has 114 valence electrons. The number of amides is 1. The van der Waals surface area contributed by atoms with Crippen LogP contribution in [-0.2, 0) is 14.8 Å². The molecule has 0 spiro atoms. The molecule has 1 aromatic heterocycles. The number of furan rings is 1. The lowest BCUT2D eigenvalue weighted by molar-refractivity contribution is 0.0602. The van der Waals surface area contributed by atoms with Crippen molar-refractivity contribution in [2.45, 2.75) is 24.8 Å². The molecule has 0 saturated heterocycles. The quantitative estimate of drug-likeness (QED) is 0.811. The Bertz CT molecular complexity index is 582. The smallest absolute Gasteiger partial charge is 0.289 e. The molecular formula is C11H17BrN2O5S. The van der Waals surface area contributed by atoms with Gasteiger partial charge in [-0.1, -0.05) is 0 Å². The van der Waals surface area contributed by atoms with Crippen LogP contribution in [0, 0.1) is 0 Å². The van der Waals surface area contributed by atoms with Gasteiger partial charge in [-0.2, -0.15) is 0 Å². The van der Waals surface area contributed by atoms with E-state index in [0.717, 1.165) is 6.07 Å². The van der Waals surface area contributed by atoms with Crippen molar-refractivity contribution in [1.29, 1.82) is 0 Å². The van der Waals surface area contributed by atoms with Gasteiger partial charge < -0.3 is 14.1 Å². The molecule has 1 heterocycles. The van der Waals surface area contributed by atoms with E-state index in [1.807, 2.05) is 13.8 Å². The number of carbonyl (C=O) groups excluding carboxylic acids is 1. The number of hydrogen-bond acceptors (Lipinski definition) is 5. The van der Waals surface area contributed by atoms with Crippen LogP contribution < -0.4 is 5.14 Å². The SMILES string of the molecule is COCCN(C(=O)c1cc(S(N)(=O)=O)c(Br)o1)C(C)C. The Balaban J connectivity index is 3.07. The molecule has 0 unspecified atom stereocenters. The highest BCUT2D eigenvalue weighted by molar-refractivity contribution is 9.10. The first-order valence-corrected chi connectivity index (χ1v) is 8.14. The maximum Gasteiger partial charge on any atom is 0.289 e. The second kappa shape index (κ2) is 6.70. The van der Waals surface area contributed by atoms with E-state index < -0.39 is 15.9 Å². The molecule has 9 heteroatoms. The summed E-state index contributed by atoms with van der Waals surface area (Å²) in [6.07, 6.45) is 0. The summed E-state index contributed by atoms with van der Waals surface area (Å²) in [7, 11) is -2.41. The monoisotopic (exact) mass is 368 g/mol. The predicted molar refractivity (Wildman–Crippen MR) is 75.8 cm³/mol. The molecule has 0 fully saturated rings. The van der Waals surface area contributed by atoms with Gasteiger partial charge in [-0.3, -0.25) is 4.79 Å². The normalized spacial score (nSPS) is 11.9. The van der Waals surface area contributed by atoms with E-state index in [1.165, 1.54) is 12.0 Å². The molecule has 2 N–H and O–H groups in total. The van der Waals surface area contributed by atoms with Crippen LogP contribution >= 0.6 is 15.9 Å².